The van der Waals surface area contributed by atoms with Gasteiger partial charge in [-0.2, -0.15) is 0 Å². The molecular weight excluding hydrogens is 340 g/mol. The lowest BCUT2D eigenvalue weighted by molar-refractivity contribution is 0.954. The van der Waals surface area contributed by atoms with Gasteiger partial charge in [0.25, 0.3) is 0 Å². The van der Waals surface area contributed by atoms with E-state index in [0.29, 0.717) is 0 Å². The monoisotopic (exact) mass is 370 g/mol. The van der Waals surface area contributed by atoms with Crippen molar-refractivity contribution in [1.29, 1.82) is 0 Å². The summed E-state index contributed by atoms with van der Waals surface area (Å²) in [5.74, 6) is 0. The first-order valence-corrected chi connectivity index (χ1v) is 9.54. The number of hydrogen-bond acceptors (Lipinski definition) is 2. The van der Waals surface area contributed by atoms with Gasteiger partial charge in [-0.1, -0.05) is 72.9 Å². The largest absolute Gasteiger partial charge is 0.364 e. The van der Waals surface area contributed by atoms with Crippen molar-refractivity contribution in [3.8, 4) is 0 Å². The van der Waals surface area contributed by atoms with Gasteiger partial charge < -0.3 is 9.80 Å². The average molecular weight is 371 g/mol. The normalized spacial score (nSPS) is 10.4. The van der Waals surface area contributed by atoms with Crippen LogP contribution >= 0.6 is 0 Å². The standard InChI is InChI=1S/C26H30N2/c1-5-19-27(20-6-2)25-15-11-9-13-23(25)17-18-24-14-10-12-16-26(24)28(21-7-3)22-8-4/h5-18H,1-4,19-22H2/b18-17+. The molecule has 0 amide bonds. The first-order chi connectivity index (χ1) is 13.7. The minimum atomic E-state index is 0.778. The molecule has 2 heteroatoms. The average Bonchev–Trinajstić information content (AvgIpc) is 2.72. The molecule has 0 spiro atoms. The van der Waals surface area contributed by atoms with Gasteiger partial charge in [-0.3, -0.25) is 0 Å². The van der Waals surface area contributed by atoms with Gasteiger partial charge in [0.1, 0.15) is 0 Å². The van der Waals surface area contributed by atoms with Gasteiger partial charge in [-0.05, 0) is 23.3 Å². The van der Waals surface area contributed by atoms with Crippen LogP contribution in [0.25, 0.3) is 12.2 Å². The fourth-order valence-corrected chi connectivity index (χ4v) is 3.18. The summed E-state index contributed by atoms with van der Waals surface area (Å²) in [6.07, 6.45) is 12.0. The van der Waals surface area contributed by atoms with Crippen LogP contribution in [0.2, 0.25) is 0 Å². The van der Waals surface area contributed by atoms with Crippen LogP contribution in [0.4, 0.5) is 11.4 Å². The molecule has 28 heavy (non-hydrogen) atoms. The van der Waals surface area contributed by atoms with E-state index in [1.807, 2.05) is 24.3 Å². The summed E-state index contributed by atoms with van der Waals surface area (Å²) in [5, 5.41) is 0. The highest BCUT2D eigenvalue weighted by atomic mass is 15.1. The topological polar surface area (TPSA) is 6.48 Å². The predicted molar refractivity (Wildman–Crippen MR) is 127 cm³/mol. The van der Waals surface area contributed by atoms with Crippen LogP contribution in [0, 0.1) is 0 Å². The zero-order chi connectivity index (χ0) is 20.2. The van der Waals surface area contributed by atoms with E-state index in [0.717, 1.165) is 26.2 Å². The lowest BCUT2D eigenvalue weighted by Gasteiger charge is -2.24. The van der Waals surface area contributed by atoms with Crippen LogP contribution in [-0.2, 0) is 0 Å². The number of rotatable bonds is 12. The van der Waals surface area contributed by atoms with Crippen LogP contribution in [-0.4, -0.2) is 26.2 Å². The van der Waals surface area contributed by atoms with Crippen molar-refractivity contribution in [3.05, 3.63) is 110 Å². The molecule has 2 aromatic carbocycles. The number of anilines is 2. The summed E-state index contributed by atoms with van der Waals surface area (Å²) in [6.45, 7) is 18.6. The van der Waals surface area contributed by atoms with Crippen molar-refractivity contribution in [3.63, 3.8) is 0 Å². The second-order valence-corrected chi connectivity index (χ2v) is 6.42. The molecule has 0 aliphatic carbocycles. The van der Waals surface area contributed by atoms with Crippen molar-refractivity contribution >= 4 is 23.5 Å². The molecule has 0 aliphatic rings. The molecule has 0 radical (unpaired) electrons. The zero-order valence-corrected chi connectivity index (χ0v) is 16.6. The maximum absolute atomic E-state index is 3.88. The van der Waals surface area contributed by atoms with Crippen molar-refractivity contribution < 1.29 is 0 Å². The van der Waals surface area contributed by atoms with Crippen LogP contribution in [0.15, 0.2) is 99.2 Å². The Morgan fingerprint density at radius 1 is 0.536 bits per heavy atom. The van der Waals surface area contributed by atoms with Gasteiger partial charge in [0.2, 0.25) is 0 Å². The second kappa shape index (κ2) is 11.5. The SMILES string of the molecule is C=CCN(CC=C)c1ccccc1/C=C/c1ccccc1N(CC=C)CC=C. The quantitative estimate of drug-likeness (QED) is 0.323. The van der Waals surface area contributed by atoms with Crippen molar-refractivity contribution in [2.75, 3.05) is 36.0 Å². The third kappa shape index (κ3) is 5.62. The van der Waals surface area contributed by atoms with E-state index in [2.05, 4.69) is 96.8 Å². The number of para-hydroxylation sites is 2. The lowest BCUT2D eigenvalue weighted by atomic mass is 10.1. The van der Waals surface area contributed by atoms with E-state index in [4.69, 9.17) is 0 Å². The number of nitrogens with zero attached hydrogens (tertiary/aromatic N) is 2. The second-order valence-electron chi connectivity index (χ2n) is 6.42. The highest BCUT2D eigenvalue weighted by Gasteiger charge is 2.09. The number of benzene rings is 2. The fraction of sp³-hybridized carbons (Fsp3) is 0.154. The Bertz CT molecular complexity index is 742. The van der Waals surface area contributed by atoms with Crippen molar-refractivity contribution in [2.24, 2.45) is 0 Å². The van der Waals surface area contributed by atoms with Gasteiger partial charge >= 0.3 is 0 Å². The van der Waals surface area contributed by atoms with E-state index in [-0.39, 0.29) is 0 Å². The molecule has 0 bridgehead atoms. The molecular formula is C26H30N2. The third-order valence-electron chi connectivity index (χ3n) is 4.40. The Hall–Kier alpha value is -3.26. The molecule has 0 atom stereocenters. The summed E-state index contributed by atoms with van der Waals surface area (Å²) < 4.78 is 0. The van der Waals surface area contributed by atoms with Gasteiger partial charge in [-0.25, -0.2) is 0 Å². The van der Waals surface area contributed by atoms with Crippen LogP contribution in [0.3, 0.4) is 0 Å². The Balaban J connectivity index is 2.39. The molecule has 144 valence electrons. The molecule has 0 N–H and O–H groups in total. The maximum atomic E-state index is 3.88. The van der Waals surface area contributed by atoms with E-state index >= 15 is 0 Å². The lowest BCUT2D eigenvalue weighted by Crippen LogP contribution is -2.24. The Morgan fingerprint density at radius 3 is 1.18 bits per heavy atom. The summed E-state index contributed by atoms with van der Waals surface area (Å²) in [7, 11) is 0. The van der Waals surface area contributed by atoms with Gasteiger partial charge in [0.05, 0.1) is 0 Å². The van der Waals surface area contributed by atoms with E-state index in [9.17, 15) is 0 Å². The van der Waals surface area contributed by atoms with Crippen LogP contribution in [0.1, 0.15) is 11.1 Å². The first kappa shape index (κ1) is 21.0. The molecule has 2 aromatic rings. The molecule has 0 heterocycles. The van der Waals surface area contributed by atoms with Gasteiger partial charge in [0, 0.05) is 37.6 Å². The summed E-state index contributed by atoms with van der Waals surface area (Å²) in [4.78, 5) is 4.51. The summed E-state index contributed by atoms with van der Waals surface area (Å²) >= 11 is 0. The molecule has 0 saturated heterocycles. The van der Waals surface area contributed by atoms with Crippen molar-refractivity contribution in [2.45, 2.75) is 0 Å². The highest BCUT2D eigenvalue weighted by molar-refractivity contribution is 5.81. The molecule has 0 aliphatic heterocycles. The minimum Gasteiger partial charge on any atom is -0.364 e. The Kier molecular flexibility index (Phi) is 8.61. The first-order valence-electron chi connectivity index (χ1n) is 9.54. The fourth-order valence-electron chi connectivity index (χ4n) is 3.18. The Labute approximate surface area is 170 Å². The molecule has 2 rings (SSSR count). The highest BCUT2D eigenvalue weighted by Crippen LogP contribution is 2.26. The molecule has 0 aromatic heterocycles. The van der Waals surface area contributed by atoms with Crippen molar-refractivity contribution in [1.82, 2.24) is 0 Å². The smallest absolute Gasteiger partial charge is 0.0445 e. The van der Waals surface area contributed by atoms with E-state index < -0.39 is 0 Å². The summed E-state index contributed by atoms with van der Waals surface area (Å²) in [6, 6.07) is 16.8. The maximum Gasteiger partial charge on any atom is 0.0445 e. The van der Waals surface area contributed by atoms with Gasteiger partial charge in [0.15, 0.2) is 0 Å². The summed E-state index contributed by atoms with van der Waals surface area (Å²) in [5.41, 5.74) is 4.68. The van der Waals surface area contributed by atoms with Crippen LogP contribution in [0.5, 0.6) is 0 Å². The molecule has 0 fully saturated rings. The van der Waals surface area contributed by atoms with E-state index in [1.165, 1.54) is 22.5 Å². The third-order valence-corrected chi connectivity index (χ3v) is 4.40. The molecule has 0 saturated carbocycles. The Morgan fingerprint density at radius 2 is 0.857 bits per heavy atom. The minimum absolute atomic E-state index is 0.778. The number of hydrogen-bond donors (Lipinski definition) is 0. The van der Waals surface area contributed by atoms with Crippen LogP contribution < -0.4 is 9.80 Å². The van der Waals surface area contributed by atoms with Gasteiger partial charge in [-0.15, -0.1) is 26.3 Å². The molecule has 2 nitrogen and oxygen atoms in total. The van der Waals surface area contributed by atoms with E-state index in [1.54, 1.807) is 0 Å². The predicted octanol–water partition coefficient (Wildman–Crippen LogP) is 6.21. The zero-order valence-electron chi connectivity index (χ0n) is 16.6. The molecule has 0 unspecified atom stereocenters.